The van der Waals surface area contributed by atoms with Gasteiger partial charge in [-0.25, -0.2) is 0 Å². The molecule has 7 aromatic carbocycles. The molecule has 3 aliphatic rings. The van der Waals surface area contributed by atoms with Gasteiger partial charge in [0.15, 0.2) is 0 Å². The van der Waals surface area contributed by atoms with Gasteiger partial charge >= 0.3 is 0 Å². The van der Waals surface area contributed by atoms with Crippen molar-refractivity contribution >= 4 is 52.6 Å². The fourth-order valence-electron chi connectivity index (χ4n) is 10.9. The number of anilines is 6. The molecular weight excluding hydrogens is 717 g/mol. The highest BCUT2D eigenvalue weighted by Crippen LogP contribution is 2.49. The molecule has 7 aromatic rings. The van der Waals surface area contributed by atoms with Gasteiger partial charge in [-0.05, 0) is 131 Å². The molecule has 0 spiro atoms. The molecule has 288 valence electrons. The maximum Gasteiger partial charge on any atom is 0.113 e. The lowest BCUT2D eigenvalue weighted by atomic mass is 9.73. The van der Waals surface area contributed by atoms with Crippen molar-refractivity contribution in [2.45, 2.75) is 82.2 Å². The van der Waals surface area contributed by atoms with Gasteiger partial charge in [-0.15, -0.1) is 0 Å². The largest absolute Gasteiger partial charge is 0.311 e. The van der Waals surface area contributed by atoms with E-state index in [4.69, 9.17) is 0 Å². The van der Waals surface area contributed by atoms with Crippen LogP contribution in [0.4, 0.5) is 34.1 Å². The molecular formula is C55H54N2Si. The Morgan fingerprint density at radius 2 is 0.914 bits per heavy atom. The van der Waals surface area contributed by atoms with Crippen LogP contribution < -0.4 is 20.2 Å². The number of nitrogens with zero attached hydrogens (tertiary/aromatic N) is 2. The summed E-state index contributed by atoms with van der Waals surface area (Å²) in [4.78, 5) is 4.91. The molecule has 58 heavy (non-hydrogen) atoms. The molecule has 0 N–H and O–H groups in total. The van der Waals surface area contributed by atoms with Crippen LogP contribution in [0.15, 0.2) is 176 Å². The molecule has 0 aromatic heterocycles. The second kappa shape index (κ2) is 15.3. The minimum absolute atomic E-state index is 0.00355. The second-order valence-corrected chi connectivity index (χ2v) is 21.8. The van der Waals surface area contributed by atoms with E-state index in [1.165, 1.54) is 125 Å². The molecule has 0 unspecified atom stereocenters. The number of para-hydroxylation sites is 2. The molecule has 10 rings (SSSR count). The van der Waals surface area contributed by atoms with E-state index in [1.54, 1.807) is 5.19 Å². The van der Waals surface area contributed by atoms with Crippen LogP contribution in [0, 0.1) is 0 Å². The summed E-state index contributed by atoms with van der Waals surface area (Å²) >= 11 is 0. The Kier molecular flexibility index (Phi) is 9.66. The van der Waals surface area contributed by atoms with Gasteiger partial charge < -0.3 is 9.80 Å². The monoisotopic (exact) mass is 770 g/mol. The van der Waals surface area contributed by atoms with E-state index < -0.39 is 8.07 Å². The van der Waals surface area contributed by atoms with Crippen LogP contribution in [0.1, 0.15) is 80.4 Å². The average Bonchev–Trinajstić information content (AvgIpc) is 3.88. The molecule has 2 fully saturated rings. The molecule has 0 radical (unpaired) electrons. The quantitative estimate of drug-likeness (QED) is 0.135. The highest BCUT2D eigenvalue weighted by atomic mass is 28.3. The Hall–Kier alpha value is -5.64. The predicted molar refractivity (Wildman–Crippen MR) is 250 cm³/mol. The van der Waals surface area contributed by atoms with E-state index in [9.17, 15) is 0 Å². The van der Waals surface area contributed by atoms with E-state index in [2.05, 4.69) is 199 Å². The highest BCUT2D eigenvalue weighted by molar-refractivity contribution is 7.04. The van der Waals surface area contributed by atoms with Gasteiger partial charge in [-0.1, -0.05) is 154 Å². The van der Waals surface area contributed by atoms with Gasteiger partial charge in [-0.2, -0.15) is 0 Å². The summed E-state index contributed by atoms with van der Waals surface area (Å²) < 4.78 is 0. The zero-order valence-electron chi connectivity index (χ0n) is 34.1. The van der Waals surface area contributed by atoms with E-state index in [0.717, 1.165) is 0 Å². The maximum absolute atomic E-state index is 2.55. The number of hydrogen-bond acceptors (Lipinski definition) is 2. The van der Waals surface area contributed by atoms with Crippen molar-refractivity contribution in [3.8, 4) is 11.1 Å². The molecule has 0 bridgehead atoms. The van der Waals surface area contributed by atoms with E-state index >= 15 is 0 Å². The predicted octanol–water partition coefficient (Wildman–Crippen LogP) is 14.3. The Morgan fingerprint density at radius 3 is 1.50 bits per heavy atom. The summed E-state index contributed by atoms with van der Waals surface area (Å²) in [5.41, 5.74) is 14.4. The summed E-state index contributed by atoms with van der Waals surface area (Å²) in [5, 5.41) is 3.09. The van der Waals surface area contributed by atoms with Gasteiger partial charge in [0.2, 0.25) is 0 Å². The third-order valence-electron chi connectivity index (χ3n) is 13.9. The zero-order chi connectivity index (χ0) is 39.1. The van der Waals surface area contributed by atoms with Crippen LogP contribution in [0.25, 0.3) is 11.1 Å². The first kappa shape index (κ1) is 36.7. The molecule has 0 atom stereocenters. The lowest BCUT2D eigenvalue weighted by molar-refractivity contribution is 0.443. The zero-order valence-corrected chi connectivity index (χ0v) is 35.1. The summed E-state index contributed by atoms with van der Waals surface area (Å²) in [6.07, 6.45) is 11.6. The van der Waals surface area contributed by atoms with Gasteiger partial charge in [0.25, 0.3) is 0 Å². The summed E-state index contributed by atoms with van der Waals surface area (Å²) in [6, 6.07) is 66.6. The van der Waals surface area contributed by atoms with Crippen molar-refractivity contribution in [2.75, 3.05) is 9.80 Å². The van der Waals surface area contributed by atoms with Crippen LogP contribution in [0.2, 0.25) is 13.1 Å². The number of rotatable bonds is 9. The standard InChI is InChI=1S/C55H54N2Si/c1-58(2)52-25-13-12-23-50(52)54-51(24-16-26-53(54)58)57(48-33-27-42(28-34-48)41-17-6-3-7-18-41)49-37-31-44(32-38-49)55(39-14-15-40-55)43-29-35-47(36-30-43)56(45-19-8-4-9-20-45)46-21-10-5-11-22-46/h4-5,8-13,16,19-38,41H,3,6-7,14-15,17-18,39-40H2,1-2H3. The molecule has 0 amide bonds. The number of benzene rings is 7. The SMILES string of the molecule is C[Si]1(C)c2ccccc2-c2c(N(c3ccc(C4CCCCC4)cc3)c3ccc(C4(c5ccc(N(c6ccccc6)c6ccccc6)cc5)CCCC4)cc3)cccc21. The smallest absolute Gasteiger partial charge is 0.113 e. The van der Waals surface area contributed by atoms with Crippen molar-refractivity contribution in [3.05, 3.63) is 193 Å². The third kappa shape index (κ3) is 6.41. The number of hydrogen-bond donors (Lipinski definition) is 0. The number of fused-ring (bicyclic) bond motifs is 3. The summed E-state index contributed by atoms with van der Waals surface area (Å²) in [5.74, 6) is 0.687. The van der Waals surface area contributed by atoms with Gasteiger partial charge in [-0.3, -0.25) is 0 Å². The minimum atomic E-state index is -1.85. The van der Waals surface area contributed by atoms with Crippen molar-refractivity contribution in [3.63, 3.8) is 0 Å². The lowest BCUT2D eigenvalue weighted by Crippen LogP contribution is -2.49. The van der Waals surface area contributed by atoms with Crippen molar-refractivity contribution < 1.29 is 0 Å². The third-order valence-corrected chi connectivity index (χ3v) is 17.4. The Balaban J connectivity index is 1.04. The van der Waals surface area contributed by atoms with Crippen molar-refractivity contribution in [1.29, 1.82) is 0 Å². The highest BCUT2D eigenvalue weighted by Gasteiger charge is 2.40. The topological polar surface area (TPSA) is 6.48 Å². The Morgan fingerprint density at radius 1 is 0.431 bits per heavy atom. The van der Waals surface area contributed by atoms with Crippen molar-refractivity contribution in [1.82, 2.24) is 0 Å². The summed E-state index contributed by atoms with van der Waals surface area (Å²) in [6.45, 7) is 5.04. The minimum Gasteiger partial charge on any atom is -0.311 e. The van der Waals surface area contributed by atoms with Gasteiger partial charge in [0.05, 0.1) is 5.69 Å². The average molecular weight is 771 g/mol. The summed E-state index contributed by atoms with van der Waals surface area (Å²) in [7, 11) is -1.85. The molecule has 2 nitrogen and oxygen atoms in total. The fraction of sp³-hybridized carbons (Fsp3) is 0.236. The van der Waals surface area contributed by atoms with Crippen LogP contribution in [-0.4, -0.2) is 8.07 Å². The van der Waals surface area contributed by atoms with E-state index in [-0.39, 0.29) is 5.41 Å². The molecule has 2 saturated carbocycles. The van der Waals surface area contributed by atoms with Crippen LogP contribution in [-0.2, 0) is 5.41 Å². The maximum atomic E-state index is 2.55. The second-order valence-electron chi connectivity index (χ2n) is 17.5. The van der Waals surface area contributed by atoms with E-state index in [1.807, 2.05) is 0 Å². The Bertz CT molecular complexity index is 2450. The van der Waals surface area contributed by atoms with E-state index in [0.29, 0.717) is 5.92 Å². The molecule has 1 aliphatic heterocycles. The lowest BCUT2D eigenvalue weighted by Gasteiger charge is -2.33. The van der Waals surface area contributed by atoms with Gasteiger partial charge in [0, 0.05) is 39.4 Å². The molecule has 1 heterocycles. The molecule has 3 heteroatoms. The fourth-order valence-corrected chi connectivity index (χ4v) is 13.9. The molecule has 2 aliphatic carbocycles. The first-order valence-corrected chi connectivity index (χ1v) is 24.8. The first-order valence-electron chi connectivity index (χ1n) is 21.8. The van der Waals surface area contributed by atoms with Crippen LogP contribution in [0.3, 0.4) is 0 Å². The van der Waals surface area contributed by atoms with Crippen molar-refractivity contribution in [2.24, 2.45) is 0 Å². The van der Waals surface area contributed by atoms with Crippen LogP contribution in [0.5, 0.6) is 0 Å². The normalized spacial score (nSPS) is 16.7. The molecule has 0 saturated heterocycles. The van der Waals surface area contributed by atoms with Gasteiger partial charge in [0.1, 0.15) is 8.07 Å². The van der Waals surface area contributed by atoms with Crippen LogP contribution >= 0.6 is 0 Å². The first-order chi connectivity index (χ1) is 28.5. The Labute approximate surface area is 346 Å².